The van der Waals surface area contributed by atoms with Crippen LogP contribution >= 0.6 is 0 Å². The van der Waals surface area contributed by atoms with Crippen LogP contribution in [0.15, 0.2) is 18.2 Å². The number of carbonyl (C=O) groups is 1. The first kappa shape index (κ1) is 16.2. The molecule has 0 saturated carbocycles. The van der Waals surface area contributed by atoms with E-state index in [9.17, 15) is 20.1 Å². The number of hydrogen-bond acceptors (Lipinski definition) is 6. The summed E-state index contributed by atoms with van der Waals surface area (Å²) < 4.78 is 0. The van der Waals surface area contributed by atoms with Gasteiger partial charge < -0.3 is 31.3 Å². The van der Waals surface area contributed by atoms with Crippen LogP contribution in [0.3, 0.4) is 0 Å². The topological polar surface area (TPSA) is 119 Å². The van der Waals surface area contributed by atoms with Gasteiger partial charge in [0.25, 0.3) is 5.91 Å². The van der Waals surface area contributed by atoms with Gasteiger partial charge in [0.05, 0.1) is 25.4 Å². The predicted octanol–water partition coefficient (Wildman–Crippen LogP) is -1.22. The monoisotopic (exact) mass is 283 g/mol. The minimum atomic E-state index is -1.47. The molecule has 0 aliphatic carbocycles. The van der Waals surface area contributed by atoms with Crippen molar-refractivity contribution >= 4 is 17.3 Å². The summed E-state index contributed by atoms with van der Waals surface area (Å²) >= 11 is 0. The van der Waals surface area contributed by atoms with Gasteiger partial charge in [-0.25, -0.2) is 0 Å². The van der Waals surface area contributed by atoms with E-state index in [0.717, 1.165) is 0 Å². The summed E-state index contributed by atoms with van der Waals surface area (Å²) in [5.74, 6) is -0.529. The van der Waals surface area contributed by atoms with Crippen molar-refractivity contribution in [2.45, 2.75) is 5.54 Å². The third-order valence-electron chi connectivity index (χ3n) is 3.03. The normalized spacial score (nSPS) is 11.2. The third kappa shape index (κ3) is 3.38. The second-order valence-corrected chi connectivity index (χ2v) is 4.88. The average molecular weight is 283 g/mol. The van der Waals surface area contributed by atoms with Gasteiger partial charge in [-0.1, -0.05) is 0 Å². The second-order valence-electron chi connectivity index (χ2n) is 4.88. The van der Waals surface area contributed by atoms with Gasteiger partial charge in [-0.15, -0.1) is 0 Å². The minimum Gasteiger partial charge on any atom is -0.399 e. The van der Waals surface area contributed by atoms with Crippen LogP contribution in [0.25, 0.3) is 0 Å². The van der Waals surface area contributed by atoms with Crippen LogP contribution in [-0.2, 0) is 0 Å². The zero-order valence-electron chi connectivity index (χ0n) is 11.6. The van der Waals surface area contributed by atoms with Gasteiger partial charge in [0, 0.05) is 25.5 Å². The molecule has 0 atom stereocenters. The Kier molecular flexibility index (Phi) is 5.32. The number of benzene rings is 1. The van der Waals surface area contributed by atoms with E-state index < -0.39 is 31.3 Å². The van der Waals surface area contributed by atoms with Crippen LogP contribution in [0, 0.1) is 0 Å². The summed E-state index contributed by atoms with van der Waals surface area (Å²) in [6, 6.07) is 4.87. The van der Waals surface area contributed by atoms with Crippen molar-refractivity contribution < 1.29 is 20.1 Å². The molecule has 0 spiro atoms. The third-order valence-corrected chi connectivity index (χ3v) is 3.03. The van der Waals surface area contributed by atoms with Crippen LogP contribution in [0.5, 0.6) is 0 Å². The molecule has 1 aromatic rings. The number of nitrogens with two attached hydrogens (primary N) is 1. The first-order valence-corrected chi connectivity index (χ1v) is 6.11. The number of carbonyl (C=O) groups excluding carboxylic acids is 1. The van der Waals surface area contributed by atoms with Crippen LogP contribution in [0.2, 0.25) is 0 Å². The molecule has 7 heteroatoms. The lowest BCUT2D eigenvalue weighted by molar-refractivity contribution is 0.0375. The van der Waals surface area contributed by atoms with Crippen molar-refractivity contribution in [1.82, 2.24) is 5.32 Å². The molecule has 0 saturated heterocycles. The Bertz CT molecular complexity index is 464. The number of hydrogen-bond donors (Lipinski definition) is 5. The maximum absolute atomic E-state index is 12.3. The zero-order chi connectivity index (χ0) is 15.3. The number of rotatable bonds is 6. The number of nitrogens with one attached hydrogen (secondary N) is 1. The van der Waals surface area contributed by atoms with Crippen molar-refractivity contribution in [3.63, 3.8) is 0 Å². The average Bonchev–Trinajstić information content (AvgIpc) is 2.44. The summed E-state index contributed by atoms with van der Waals surface area (Å²) in [6.45, 7) is -1.73. The van der Waals surface area contributed by atoms with Crippen molar-refractivity contribution in [1.29, 1.82) is 0 Å². The number of aliphatic hydroxyl groups is 3. The minimum absolute atomic E-state index is 0.301. The van der Waals surface area contributed by atoms with Gasteiger partial charge >= 0.3 is 0 Å². The number of anilines is 2. The predicted molar refractivity (Wildman–Crippen MR) is 76.6 cm³/mol. The first-order valence-electron chi connectivity index (χ1n) is 6.11. The van der Waals surface area contributed by atoms with Gasteiger partial charge in [0.1, 0.15) is 5.54 Å². The Balaban J connectivity index is 3.11. The molecule has 0 aliphatic rings. The molecule has 0 aromatic heterocycles. The zero-order valence-corrected chi connectivity index (χ0v) is 11.6. The van der Waals surface area contributed by atoms with Crippen molar-refractivity contribution in [3.05, 3.63) is 23.8 Å². The van der Waals surface area contributed by atoms with E-state index in [-0.39, 0.29) is 0 Å². The smallest absolute Gasteiger partial charge is 0.254 e. The summed E-state index contributed by atoms with van der Waals surface area (Å²) in [5, 5.41) is 30.2. The van der Waals surface area contributed by atoms with Crippen molar-refractivity contribution in [2.75, 3.05) is 44.5 Å². The highest BCUT2D eigenvalue weighted by Gasteiger charge is 2.31. The first-order chi connectivity index (χ1) is 9.39. The van der Waals surface area contributed by atoms with Gasteiger partial charge in [0.2, 0.25) is 0 Å². The Morgan fingerprint density at radius 3 is 2.25 bits per heavy atom. The van der Waals surface area contributed by atoms with E-state index in [0.29, 0.717) is 16.9 Å². The molecule has 6 N–H and O–H groups in total. The largest absolute Gasteiger partial charge is 0.399 e. The SMILES string of the molecule is CN(C)c1ccc(N)cc1C(=O)NC(CO)(CO)CO. The van der Waals surface area contributed by atoms with E-state index in [1.807, 2.05) is 0 Å². The van der Waals surface area contributed by atoms with E-state index in [2.05, 4.69) is 5.32 Å². The highest BCUT2D eigenvalue weighted by molar-refractivity contribution is 6.01. The van der Waals surface area contributed by atoms with Crippen LogP contribution in [0.4, 0.5) is 11.4 Å². The molecule has 0 fully saturated rings. The summed E-state index contributed by atoms with van der Waals surface area (Å²) in [5.41, 5.74) is 5.57. The van der Waals surface area contributed by atoms with Crippen LogP contribution in [-0.4, -0.2) is 60.7 Å². The van der Waals surface area contributed by atoms with Crippen molar-refractivity contribution in [2.24, 2.45) is 0 Å². The molecule has 0 heterocycles. The standard InChI is InChI=1S/C13H21N3O4/c1-16(2)11-4-3-9(14)5-10(11)12(20)15-13(6-17,7-18)8-19/h3-5,17-19H,6-8,14H2,1-2H3,(H,15,20). The fourth-order valence-electron chi connectivity index (χ4n) is 1.70. The highest BCUT2D eigenvalue weighted by Crippen LogP contribution is 2.22. The molecule has 20 heavy (non-hydrogen) atoms. The van der Waals surface area contributed by atoms with Crippen LogP contribution in [0.1, 0.15) is 10.4 Å². The Labute approximate surface area is 117 Å². The molecular weight excluding hydrogens is 262 g/mol. The molecule has 0 unspecified atom stereocenters. The number of nitrogen functional groups attached to an aromatic ring is 1. The van der Waals surface area contributed by atoms with E-state index in [1.54, 1.807) is 31.1 Å². The molecule has 1 rings (SSSR count). The van der Waals surface area contributed by atoms with Gasteiger partial charge in [-0.05, 0) is 18.2 Å². The molecule has 0 radical (unpaired) electrons. The number of aliphatic hydroxyl groups excluding tert-OH is 3. The Morgan fingerprint density at radius 1 is 1.25 bits per heavy atom. The van der Waals surface area contributed by atoms with E-state index in [1.165, 1.54) is 6.07 Å². The summed E-state index contributed by atoms with van der Waals surface area (Å²) in [6.07, 6.45) is 0. The molecule has 7 nitrogen and oxygen atoms in total. The molecule has 0 aliphatic heterocycles. The lowest BCUT2D eigenvalue weighted by Gasteiger charge is -2.29. The molecular formula is C13H21N3O4. The van der Waals surface area contributed by atoms with E-state index in [4.69, 9.17) is 5.73 Å². The summed E-state index contributed by atoms with van der Waals surface area (Å²) in [7, 11) is 3.55. The fourth-order valence-corrected chi connectivity index (χ4v) is 1.70. The van der Waals surface area contributed by atoms with Crippen LogP contribution < -0.4 is 16.0 Å². The molecule has 0 bridgehead atoms. The number of nitrogens with zero attached hydrogens (tertiary/aromatic N) is 1. The second kappa shape index (κ2) is 6.56. The lowest BCUT2D eigenvalue weighted by Crippen LogP contribution is -2.57. The maximum Gasteiger partial charge on any atom is 0.254 e. The van der Waals surface area contributed by atoms with Gasteiger partial charge in [0.15, 0.2) is 0 Å². The molecule has 1 aromatic carbocycles. The molecule has 1 amide bonds. The fraction of sp³-hybridized carbons (Fsp3) is 0.462. The Hall–Kier alpha value is -1.83. The quantitative estimate of drug-likeness (QED) is 0.418. The van der Waals surface area contributed by atoms with Crippen molar-refractivity contribution in [3.8, 4) is 0 Å². The van der Waals surface area contributed by atoms with E-state index >= 15 is 0 Å². The highest BCUT2D eigenvalue weighted by atomic mass is 16.3. The Morgan fingerprint density at radius 2 is 1.80 bits per heavy atom. The van der Waals surface area contributed by atoms with Gasteiger partial charge in [-0.2, -0.15) is 0 Å². The van der Waals surface area contributed by atoms with Gasteiger partial charge in [-0.3, -0.25) is 4.79 Å². The maximum atomic E-state index is 12.3. The molecule has 112 valence electrons. The lowest BCUT2D eigenvalue weighted by atomic mass is 10.0. The number of amides is 1. The summed E-state index contributed by atoms with van der Waals surface area (Å²) in [4.78, 5) is 14.0.